The zero-order valence-electron chi connectivity index (χ0n) is 13.1. The largest absolute Gasteiger partial charge is 0.299 e. The number of hydrogen-bond acceptors (Lipinski definition) is 3. The number of hydrogen-bond donors (Lipinski definition) is 2. The van der Waals surface area contributed by atoms with E-state index in [4.69, 9.17) is 5.84 Å². The fraction of sp³-hybridized carbons (Fsp3) is 0.588. The van der Waals surface area contributed by atoms with E-state index >= 15 is 0 Å². The van der Waals surface area contributed by atoms with Crippen molar-refractivity contribution in [1.29, 1.82) is 0 Å². The van der Waals surface area contributed by atoms with Crippen LogP contribution in [0.4, 0.5) is 0 Å². The molecule has 0 aliphatic heterocycles. The van der Waals surface area contributed by atoms with Crippen LogP contribution in [0.15, 0.2) is 24.3 Å². The van der Waals surface area contributed by atoms with Crippen molar-refractivity contribution in [1.82, 2.24) is 10.3 Å². The van der Waals surface area contributed by atoms with Crippen LogP contribution < -0.4 is 11.3 Å². The average Bonchev–Trinajstić information content (AvgIpc) is 2.55. The zero-order valence-corrected chi connectivity index (χ0v) is 13.1. The minimum atomic E-state index is -0.243. The second-order valence-corrected chi connectivity index (χ2v) is 6.17. The lowest BCUT2D eigenvalue weighted by atomic mass is 9.84. The third kappa shape index (κ3) is 4.29. The Morgan fingerprint density at radius 2 is 1.86 bits per heavy atom. The Morgan fingerprint density at radius 1 is 1.24 bits per heavy atom. The van der Waals surface area contributed by atoms with E-state index < -0.39 is 0 Å². The molecule has 1 amide bonds. The van der Waals surface area contributed by atoms with Crippen molar-refractivity contribution in [3.63, 3.8) is 0 Å². The molecule has 1 saturated carbocycles. The van der Waals surface area contributed by atoms with Gasteiger partial charge in [-0.1, -0.05) is 25.5 Å². The lowest BCUT2D eigenvalue weighted by molar-refractivity contribution is 0.0953. The highest BCUT2D eigenvalue weighted by Gasteiger charge is 2.22. The molecule has 116 valence electrons. The Bertz CT molecular complexity index is 450. The maximum atomic E-state index is 11.4. The summed E-state index contributed by atoms with van der Waals surface area (Å²) in [5.41, 5.74) is 4.00. The molecule has 0 aromatic heterocycles. The molecule has 0 atom stereocenters. The summed E-state index contributed by atoms with van der Waals surface area (Å²) < 4.78 is 0. The summed E-state index contributed by atoms with van der Waals surface area (Å²) in [6.07, 6.45) is 6.66. The Balaban J connectivity index is 1.88. The normalized spacial score (nSPS) is 22.3. The molecule has 1 aromatic carbocycles. The number of nitrogens with one attached hydrogen (secondary N) is 1. The van der Waals surface area contributed by atoms with Crippen LogP contribution in [0.1, 0.15) is 54.9 Å². The molecule has 4 nitrogen and oxygen atoms in total. The monoisotopic (exact) mass is 289 g/mol. The van der Waals surface area contributed by atoms with E-state index in [0.717, 1.165) is 12.5 Å². The fourth-order valence-corrected chi connectivity index (χ4v) is 3.26. The minimum Gasteiger partial charge on any atom is -0.299 e. The van der Waals surface area contributed by atoms with Crippen molar-refractivity contribution >= 4 is 5.91 Å². The number of amides is 1. The highest BCUT2D eigenvalue weighted by Crippen LogP contribution is 2.29. The molecule has 4 heteroatoms. The van der Waals surface area contributed by atoms with Gasteiger partial charge in [0.2, 0.25) is 0 Å². The summed E-state index contributed by atoms with van der Waals surface area (Å²) in [5, 5.41) is 0. The molecule has 2 rings (SSSR count). The third-order valence-electron chi connectivity index (χ3n) is 4.80. The van der Waals surface area contributed by atoms with Gasteiger partial charge in [0.15, 0.2) is 0 Å². The number of nitrogen functional groups attached to an aromatic ring is 1. The van der Waals surface area contributed by atoms with E-state index in [2.05, 4.69) is 24.3 Å². The summed E-state index contributed by atoms with van der Waals surface area (Å²) in [4.78, 5) is 13.9. The van der Waals surface area contributed by atoms with E-state index in [1.54, 1.807) is 0 Å². The molecule has 1 aliphatic carbocycles. The van der Waals surface area contributed by atoms with Crippen LogP contribution in [0, 0.1) is 5.92 Å². The number of carbonyl (C=O) groups is 1. The van der Waals surface area contributed by atoms with Gasteiger partial charge in [0.25, 0.3) is 5.91 Å². The lowest BCUT2D eigenvalue weighted by Gasteiger charge is -2.34. The SMILES string of the molecule is CCC1CCC(N(C)Cc2ccc(C(=O)NN)cc2)CC1. The second kappa shape index (κ2) is 7.57. The summed E-state index contributed by atoms with van der Waals surface area (Å²) in [6.45, 7) is 3.24. The lowest BCUT2D eigenvalue weighted by Crippen LogP contribution is -2.34. The minimum absolute atomic E-state index is 0.243. The summed E-state index contributed by atoms with van der Waals surface area (Å²) in [6, 6.07) is 8.38. The van der Waals surface area contributed by atoms with Gasteiger partial charge in [-0.25, -0.2) is 5.84 Å². The van der Waals surface area contributed by atoms with Gasteiger partial charge in [0.05, 0.1) is 0 Å². The van der Waals surface area contributed by atoms with Crippen molar-refractivity contribution in [3.8, 4) is 0 Å². The first kappa shape index (κ1) is 16.0. The van der Waals surface area contributed by atoms with Gasteiger partial charge in [-0.15, -0.1) is 0 Å². The summed E-state index contributed by atoms with van der Waals surface area (Å²) in [7, 11) is 2.21. The first-order chi connectivity index (χ1) is 10.1. The first-order valence-corrected chi connectivity index (χ1v) is 7.94. The van der Waals surface area contributed by atoms with Gasteiger partial charge in [0, 0.05) is 18.2 Å². The highest BCUT2D eigenvalue weighted by atomic mass is 16.2. The predicted octanol–water partition coefficient (Wildman–Crippen LogP) is 2.69. The number of rotatable bonds is 5. The number of benzene rings is 1. The summed E-state index contributed by atoms with van der Waals surface area (Å²) in [5.74, 6) is 5.83. The van der Waals surface area contributed by atoms with Crippen molar-refractivity contribution in [2.24, 2.45) is 11.8 Å². The van der Waals surface area contributed by atoms with E-state index in [1.165, 1.54) is 37.7 Å². The van der Waals surface area contributed by atoms with E-state index in [1.807, 2.05) is 24.3 Å². The Hall–Kier alpha value is -1.39. The number of hydrazine groups is 1. The molecule has 0 radical (unpaired) electrons. The molecular formula is C17H27N3O. The number of nitrogens with zero attached hydrogens (tertiary/aromatic N) is 1. The van der Waals surface area contributed by atoms with Gasteiger partial charge in [0.1, 0.15) is 0 Å². The Morgan fingerprint density at radius 3 is 2.38 bits per heavy atom. The molecule has 3 N–H and O–H groups in total. The van der Waals surface area contributed by atoms with Crippen LogP contribution in [0.3, 0.4) is 0 Å². The van der Waals surface area contributed by atoms with Gasteiger partial charge in [-0.3, -0.25) is 15.1 Å². The van der Waals surface area contributed by atoms with Crippen molar-refractivity contribution in [2.75, 3.05) is 7.05 Å². The van der Waals surface area contributed by atoms with E-state index in [-0.39, 0.29) is 5.91 Å². The molecule has 1 aromatic rings. The van der Waals surface area contributed by atoms with E-state index in [0.29, 0.717) is 11.6 Å². The molecule has 1 aliphatic rings. The highest BCUT2D eigenvalue weighted by molar-refractivity contribution is 5.93. The quantitative estimate of drug-likeness (QED) is 0.498. The molecule has 0 unspecified atom stereocenters. The van der Waals surface area contributed by atoms with Crippen LogP contribution >= 0.6 is 0 Å². The van der Waals surface area contributed by atoms with Crippen LogP contribution in [0.25, 0.3) is 0 Å². The summed E-state index contributed by atoms with van der Waals surface area (Å²) >= 11 is 0. The Kier molecular flexibility index (Phi) is 5.76. The smallest absolute Gasteiger partial charge is 0.265 e. The maximum Gasteiger partial charge on any atom is 0.265 e. The molecule has 1 fully saturated rings. The molecule has 0 heterocycles. The standard InChI is InChI=1S/C17H27N3O/c1-3-13-6-10-16(11-7-13)20(2)12-14-4-8-15(9-5-14)17(21)19-18/h4-5,8-9,13,16H,3,6-7,10-12,18H2,1-2H3,(H,19,21). The second-order valence-electron chi connectivity index (χ2n) is 6.17. The third-order valence-corrected chi connectivity index (χ3v) is 4.80. The molecule has 0 spiro atoms. The topological polar surface area (TPSA) is 58.4 Å². The first-order valence-electron chi connectivity index (χ1n) is 7.94. The maximum absolute atomic E-state index is 11.4. The predicted molar refractivity (Wildman–Crippen MR) is 85.6 cm³/mol. The van der Waals surface area contributed by atoms with Gasteiger partial charge in [-0.05, 0) is 56.3 Å². The number of nitrogens with two attached hydrogens (primary N) is 1. The fourth-order valence-electron chi connectivity index (χ4n) is 3.26. The number of carbonyl (C=O) groups excluding carboxylic acids is 1. The Labute approximate surface area is 127 Å². The van der Waals surface area contributed by atoms with Gasteiger partial charge in [-0.2, -0.15) is 0 Å². The molecule has 0 saturated heterocycles. The van der Waals surface area contributed by atoms with E-state index in [9.17, 15) is 4.79 Å². The molecule has 21 heavy (non-hydrogen) atoms. The van der Waals surface area contributed by atoms with Crippen molar-refractivity contribution in [2.45, 2.75) is 51.6 Å². The molecule has 0 bridgehead atoms. The molecular weight excluding hydrogens is 262 g/mol. The van der Waals surface area contributed by atoms with Crippen LogP contribution in [-0.2, 0) is 6.54 Å². The van der Waals surface area contributed by atoms with Crippen molar-refractivity contribution in [3.05, 3.63) is 35.4 Å². The average molecular weight is 289 g/mol. The van der Waals surface area contributed by atoms with Gasteiger partial charge >= 0.3 is 0 Å². The van der Waals surface area contributed by atoms with Crippen LogP contribution in [-0.4, -0.2) is 23.9 Å². The zero-order chi connectivity index (χ0) is 15.2. The van der Waals surface area contributed by atoms with Crippen molar-refractivity contribution < 1.29 is 4.79 Å². The van der Waals surface area contributed by atoms with Crippen LogP contribution in [0.2, 0.25) is 0 Å². The van der Waals surface area contributed by atoms with Crippen LogP contribution in [0.5, 0.6) is 0 Å². The van der Waals surface area contributed by atoms with Gasteiger partial charge < -0.3 is 0 Å².